The van der Waals surface area contributed by atoms with Crippen molar-refractivity contribution < 1.29 is 14.3 Å². The van der Waals surface area contributed by atoms with Crippen molar-refractivity contribution >= 4 is 29.6 Å². The van der Waals surface area contributed by atoms with Crippen molar-refractivity contribution in [3.8, 4) is 0 Å². The Morgan fingerprint density at radius 1 is 1.27 bits per heavy atom. The molecule has 1 aromatic rings. The number of amides is 2. The summed E-state index contributed by atoms with van der Waals surface area (Å²) in [6.45, 7) is 5.95. The van der Waals surface area contributed by atoms with Crippen molar-refractivity contribution in [3.05, 3.63) is 40.9 Å². The number of carbonyl (C=O) groups is 2. The number of hydrogen-bond donors (Lipinski definition) is 2. The van der Waals surface area contributed by atoms with Gasteiger partial charge in [0.15, 0.2) is 0 Å². The van der Waals surface area contributed by atoms with E-state index in [-0.39, 0.29) is 5.91 Å². The van der Waals surface area contributed by atoms with Crippen LogP contribution in [0, 0.1) is 0 Å². The van der Waals surface area contributed by atoms with Crippen LogP contribution in [-0.4, -0.2) is 39.5 Å². The predicted octanol–water partition coefficient (Wildman–Crippen LogP) is 2.67. The molecule has 3 N–H and O–H groups in total. The smallest absolute Gasteiger partial charge is 0.410 e. The van der Waals surface area contributed by atoms with Crippen LogP contribution < -0.4 is 11.2 Å². The quantitative estimate of drug-likeness (QED) is 0.772. The van der Waals surface area contributed by atoms with Gasteiger partial charge in [0.2, 0.25) is 0 Å². The van der Waals surface area contributed by atoms with Gasteiger partial charge in [0, 0.05) is 24.1 Å². The Morgan fingerprint density at radius 2 is 1.96 bits per heavy atom. The maximum Gasteiger partial charge on any atom is 0.410 e. The highest BCUT2D eigenvalue weighted by molar-refractivity contribution is 8.01. The van der Waals surface area contributed by atoms with Gasteiger partial charge in [-0.1, -0.05) is 30.3 Å². The number of nitrogens with zero attached hydrogens (tertiary/aromatic N) is 2. The molecule has 0 unspecified atom stereocenters. The van der Waals surface area contributed by atoms with Crippen molar-refractivity contribution in [3.63, 3.8) is 0 Å². The Morgan fingerprint density at radius 3 is 2.62 bits per heavy atom. The standard InChI is InChI=1S/C18H24N4O3S/c1-18(2,3)25-17(24)21-11-7-10-13(21)16(23)22-20-14(15(19)26-22)12-8-5-4-6-9-12/h4-6,8-9,13,20H,7,10-11,19H2,1-3H3/t13-/m0/s1. The lowest BCUT2D eigenvalue weighted by atomic mass is 10.2. The van der Waals surface area contributed by atoms with Gasteiger partial charge in [0.1, 0.15) is 16.7 Å². The molecular weight excluding hydrogens is 352 g/mol. The number of carbonyl (C=O) groups excluding carboxylic acids is 2. The number of likely N-dealkylation sites (tertiary alicyclic amines) is 1. The summed E-state index contributed by atoms with van der Waals surface area (Å²) in [5.74, 6) is -0.202. The van der Waals surface area contributed by atoms with E-state index in [1.165, 1.54) is 9.31 Å². The van der Waals surface area contributed by atoms with Crippen molar-refractivity contribution in [1.29, 1.82) is 0 Å². The first-order valence-corrected chi connectivity index (χ1v) is 9.37. The summed E-state index contributed by atoms with van der Waals surface area (Å²) in [5, 5.41) is 0.520. The van der Waals surface area contributed by atoms with Gasteiger partial charge in [-0.2, -0.15) is 4.41 Å². The summed E-state index contributed by atoms with van der Waals surface area (Å²) in [7, 11) is 0. The lowest BCUT2D eigenvalue weighted by Crippen LogP contribution is -2.49. The second-order valence-electron chi connectivity index (χ2n) is 7.27. The molecule has 26 heavy (non-hydrogen) atoms. The topological polar surface area (TPSA) is 87.9 Å². The minimum absolute atomic E-state index is 0.202. The molecule has 0 spiro atoms. The van der Waals surface area contributed by atoms with E-state index in [4.69, 9.17) is 10.5 Å². The second-order valence-corrected chi connectivity index (χ2v) is 8.26. The largest absolute Gasteiger partial charge is 0.444 e. The molecule has 2 amide bonds. The van der Waals surface area contributed by atoms with Crippen molar-refractivity contribution in [1.82, 2.24) is 14.7 Å². The highest BCUT2D eigenvalue weighted by Gasteiger charge is 2.41. The van der Waals surface area contributed by atoms with Crippen LogP contribution in [0.5, 0.6) is 0 Å². The van der Waals surface area contributed by atoms with Crippen molar-refractivity contribution in [2.24, 2.45) is 5.73 Å². The van der Waals surface area contributed by atoms with Gasteiger partial charge >= 0.3 is 6.09 Å². The van der Waals surface area contributed by atoms with Gasteiger partial charge in [-0.25, -0.2) is 4.79 Å². The molecule has 1 saturated heterocycles. The highest BCUT2D eigenvalue weighted by Crippen LogP contribution is 2.33. The summed E-state index contributed by atoms with van der Waals surface area (Å²) in [4.78, 5) is 26.9. The first kappa shape index (κ1) is 18.4. The summed E-state index contributed by atoms with van der Waals surface area (Å²) >= 11 is 1.14. The molecule has 1 aromatic carbocycles. The molecule has 0 aliphatic carbocycles. The van der Waals surface area contributed by atoms with Gasteiger partial charge in [-0.15, -0.1) is 0 Å². The molecule has 7 nitrogen and oxygen atoms in total. The molecular formula is C18H24N4O3S. The summed E-state index contributed by atoms with van der Waals surface area (Å²) in [6.07, 6.45) is 0.918. The average molecular weight is 376 g/mol. The van der Waals surface area contributed by atoms with Crippen LogP contribution >= 0.6 is 11.9 Å². The summed E-state index contributed by atoms with van der Waals surface area (Å²) in [5.41, 5.74) is 10.2. The first-order valence-electron chi connectivity index (χ1n) is 8.59. The van der Waals surface area contributed by atoms with E-state index in [1.54, 1.807) is 0 Å². The second kappa shape index (κ2) is 7.11. The summed E-state index contributed by atoms with van der Waals surface area (Å²) < 4.78 is 6.84. The fourth-order valence-corrected chi connectivity index (χ4v) is 3.73. The summed E-state index contributed by atoms with van der Waals surface area (Å²) in [6, 6.07) is 9.04. The molecule has 1 fully saturated rings. The number of benzene rings is 1. The van der Waals surface area contributed by atoms with Gasteiger partial charge in [-0.05, 0) is 33.6 Å². The highest BCUT2D eigenvalue weighted by atomic mass is 32.2. The lowest BCUT2D eigenvalue weighted by Gasteiger charge is -2.29. The number of ether oxygens (including phenoxy) is 1. The van der Waals surface area contributed by atoms with E-state index >= 15 is 0 Å². The lowest BCUT2D eigenvalue weighted by molar-refractivity contribution is -0.131. The van der Waals surface area contributed by atoms with Gasteiger partial charge in [0.05, 0.1) is 5.70 Å². The van der Waals surface area contributed by atoms with E-state index in [0.29, 0.717) is 23.7 Å². The first-order chi connectivity index (χ1) is 12.3. The molecule has 140 valence electrons. The fourth-order valence-electron chi connectivity index (χ4n) is 2.93. The third-order valence-electron chi connectivity index (χ3n) is 4.08. The molecule has 3 rings (SSSR count). The molecule has 8 heteroatoms. The van der Waals surface area contributed by atoms with Crippen LogP contribution in [-0.2, 0) is 9.53 Å². The maximum absolute atomic E-state index is 13.0. The minimum Gasteiger partial charge on any atom is -0.444 e. The van der Waals surface area contributed by atoms with Gasteiger partial charge < -0.3 is 10.5 Å². The number of nitrogens with two attached hydrogens (primary N) is 1. The van der Waals surface area contributed by atoms with E-state index in [2.05, 4.69) is 5.43 Å². The zero-order valence-corrected chi connectivity index (χ0v) is 16.0. The normalized spacial score (nSPS) is 20.3. The Hall–Kier alpha value is -2.35. The van der Waals surface area contributed by atoms with Crippen molar-refractivity contribution in [2.75, 3.05) is 6.54 Å². The number of hydrogen-bond acceptors (Lipinski definition) is 6. The van der Waals surface area contributed by atoms with E-state index in [9.17, 15) is 9.59 Å². The Labute approximate surface area is 157 Å². The molecule has 2 aliphatic rings. The predicted molar refractivity (Wildman–Crippen MR) is 101 cm³/mol. The monoisotopic (exact) mass is 376 g/mol. The fraction of sp³-hybridized carbons (Fsp3) is 0.444. The van der Waals surface area contributed by atoms with Crippen LogP contribution in [0.2, 0.25) is 0 Å². The van der Waals surface area contributed by atoms with Gasteiger partial charge in [-0.3, -0.25) is 15.1 Å². The zero-order chi connectivity index (χ0) is 18.9. The Bertz CT molecular complexity index is 730. The molecule has 0 bridgehead atoms. The van der Waals surface area contributed by atoms with E-state index in [1.807, 2.05) is 51.1 Å². The van der Waals surface area contributed by atoms with Crippen molar-refractivity contribution in [2.45, 2.75) is 45.3 Å². The Kier molecular flexibility index (Phi) is 5.04. The maximum atomic E-state index is 13.0. The molecule has 0 saturated carbocycles. The number of hydrazine groups is 1. The number of nitrogens with one attached hydrogen (secondary N) is 1. The van der Waals surface area contributed by atoms with E-state index in [0.717, 1.165) is 23.9 Å². The molecule has 0 aromatic heterocycles. The minimum atomic E-state index is -0.597. The van der Waals surface area contributed by atoms with Crippen LogP contribution in [0.25, 0.3) is 5.70 Å². The van der Waals surface area contributed by atoms with Crippen LogP contribution in [0.15, 0.2) is 35.4 Å². The zero-order valence-electron chi connectivity index (χ0n) is 15.2. The van der Waals surface area contributed by atoms with Gasteiger partial charge in [0.25, 0.3) is 5.91 Å². The number of rotatable bonds is 2. The molecule has 2 heterocycles. The third-order valence-corrected chi connectivity index (χ3v) is 4.93. The van der Waals surface area contributed by atoms with Crippen LogP contribution in [0.1, 0.15) is 39.2 Å². The molecule has 1 atom stereocenters. The van der Waals surface area contributed by atoms with Crippen LogP contribution in [0.3, 0.4) is 0 Å². The van der Waals surface area contributed by atoms with E-state index < -0.39 is 17.7 Å². The Balaban J connectivity index is 1.69. The van der Waals surface area contributed by atoms with Crippen LogP contribution in [0.4, 0.5) is 4.79 Å². The third kappa shape index (κ3) is 3.90. The average Bonchev–Trinajstić information content (AvgIpc) is 3.20. The SMILES string of the molecule is CC(C)(C)OC(=O)N1CCC[C@H]1C(=O)N1NC(c2ccccc2)=C(N)S1. The molecule has 0 radical (unpaired) electrons. The molecule has 2 aliphatic heterocycles.